The molecule has 22 heavy (non-hydrogen) atoms. The van der Waals surface area contributed by atoms with Gasteiger partial charge in [-0.1, -0.05) is 74.0 Å². The molecule has 1 N–H and O–H groups in total. The van der Waals surface area contributed by atoms with Gasteiger partial charge in [-0.15, -0.1) is 0 Å². The lowest BCUT2D eigenvalue weighted by Crippen LogP contribution is -2.52. The molecule has 0 saturated carbocycles. The molecular weight excluding hydrogens is 270 g/mol. The van der Waals surface area contributed by atoms with Crippen LogP contribution in [0.25, 0.3) is 0 Å². The number of hydrogen-bond donors (Lipinski definition) is 1. The van der Waals surface area contributed by atoms with Crippen molar-refractivity contribution in [1.29, 1.82) is 0 Å². The summed E-state index contributed by atoms with van der Waals surface area (Å²) in [5, 5.41) is 12.5. The third-order valence-corrected chi connectivity index (χ3v) is 5.01. The van der Waals surface area contributed by atoms with Crippen molar-refractivity contribution in [3.8, 4) is 0 Å². The van der Waals surface area contributed by atoms with Gasteiger partial charge in [0.05, 0.1) is 5.54 Å². The van der Waals surface area contributed by atoms with Crippen molar-refractivity contribution < 1.29 is 5.21 Å². The topological polar surface area (TPSA) is 23.5 Å². The molecule has 1 aliphatic rings. The molecule has 3 rings (SSSR count). The second-order valence-electron chi connectivity index (χ2n) is 6.27. The largest absolute Gasteiger partial charge is 0.313 e. The Kier molecular flexibility index (Phi) is 4.60. The monoisotopic (exact) mass is 295 g/mol. The van der Waals surface area contributed by atoms with Gasteiger partial charge in [0.25, 0.3) is 0 Å². The SMILES string of the molecule is CCCC1(c2ccccc2)C(c2ccccc2)CCCN1O. The van der Waals surface area contributed by atoms with E-state index in [1.165, 1.54) is 11.1 Å². The van der Waals surface area contributed by atoms with E-state index < -0.39 is 0 Å². The van der Waals surface area contributed by atoms with Gasteiger partial charge in [0.15, 0.2) is 0 Å². The van der Waals surface area contributed by atoms with Crippen molar-refractivity contribution in [2.75, 3.05) is 6.54 Å². The summed E-state index contributed by atoms with van der Waals surface area (Å²) in [6.45, 7) is 2.95. The Bertz CT molecular complexity index is 583. The molecule has 2 aromatic rings. The molecule has 1 saturated heterocycles. The highest BCUT2D eigenvalue weighted by molar-refractivity contribution is 5.34. The molecule has 2 nitrogen and oxygen atoms in total. The van der Waals surface area contributed by atoms with Crippen LogP contribution in [0.4, 0.5) is 0 Å². The lowest BCUT2D eigenvalue weighted by Gasteiger charge is -2.50. The van der Waals surface area contributed by atoms with E-state index in [1.54, 1.807) is 5.06 Å². The van der Waals surface area contributed by atoms with Crippen LogP contribution in [0.2, 0.25) is 0 Å². The van der Waals surface area contributed by atoms with Crippen molar-refractivity contribution in [2.45, 2.75) is 44.1 Å². The zero-order chi connectivity index (χ0) is 15.4. The van der Waals surface area contributed by atoms with Gasteiger partial charge in [0.1, 0.15) is 0 Å². The maximum absolute atomic E-state index is 10.9. The Balaban J connectivity index is 2.13. The van der Waals surface area contributed by atoms with Crippen LogP contribution < -0.4 is 0 Å². The first-order valence-electron chi connectivity index (χ1n) is 8.36. The average molecular weight is 295 g/mol. The summed E-state index contributed by atoms with van der Waals surface area (Å²) in [6, 6.07) is 21.2. The van der Waals surface area contributed by atoms with Crippen molar-refractivity contribution >= 4 is 0 Å². The first kappa shape index (κ1) is 15.3. The van der Waals surface area contributed by atoms with Crippen LogP contribution in [0.1, 0.15) is 49.7 Å². The normalized spacial score (nSPS) is 26.0. The Morgan fingerprint density at radius 1 is 1.05 bits per heavy atom. The minimum atomic E-state index is -0.310. The summed E-state index contributed by atoms with van der Waals surface area (Å²) in [6.07, 6.45) is 4.17. The van der Waals surface area contributed by atoms with Crippen molar-refractivity contribution in [2.24, 2.45) is 0 Å². The van der Waals surface area contributed by atoms with Crippen molar-refractivity contribution in [3.05, 3.63) is 71.8 Å². The molecule has 0 radical (unpaired) electrons. The summed E-state index contributed by atoms with van der Waals surface area (Å²) >= 11 is 0. The molecule has 1 heterocycles. The first-order valence-corrected chi connectivity index (χ1v) is 8.36. The highest BCUT2D eigenvalue weighted by Gasteiger charge is 2.47. The van der Waals surface area contributed by atoms with E-state index in [-0.39, 0.29) is 5.54 Å². The van der Waals surface area contributed by atoms with Crippen LogP contribution in [0, 0.1) is 0 Å². The second-order valence-corrected chi connectivity index (χ2v) is 6.27. The van der Waals surface area contributed by atoms with E-state index in [1.807, 2.05) is 6.07 Å². The molecule has 0 bridgehead atoms. The molecule has 2 atom stereocenters. The van der Waals surface area contributed by atoms with Crippen molar-refractivity contribution in [1.82, 2.24) is 5.06 Å². The standard InChI is InChI=1S/C20H25NO/c1-2-15-20(18-12-7-4-8-13-18)19(14-9-16-21(20)22)17-10-5-3-6-11-17/h3-8,10-13,19,22H,2,9,14-16H2,1H3. The molecule has 0 spiro atoms. The molecule has 2 heteroatoms. The molecule has 0 aliphatic carbocycles. The number of benzene rings is 2. The maximum atomic E-state index is 10.9. The molecular formula is C20H25NO. The number of nitrogens with zero attached hydrogens (tertiary/aromatic N) is 1. The fourth-order valence-electron chi connectivity index (χ4n) is 4.10. The fourth-order valence-corrected chi connectivity index (χ4v) is 4.10. The summed E-state index contributed by atoms with van der Waals surface area (Å²) < 4.78 is 0. The first-order chi connectivity index (χ1) is 10.8. The van der Waals surface area contributed by atoms with Gasteiger partial charge in [-0.2, -0.15) is 5.06 Å². The van der Waals surface area contributed by atoms with E-state index in [2.05, 4.69) is 61.5 Å². The lowest BCUT2D eigenvalue weighted by atomic mass is 9.67. The van der Waals surface area contributed by atoms with Crippen LogP contribution in [-0.4, -0.2) is 16.8 Å². The van der Waals surface area contributed by atoms with Crippen LogP contribution in [0.3, 0.4) is 0 Å². The summed E-state index contributed by atoms with van der Waals surface area (Å²) in [7, 11) is 0. The van der Waals surface area contributed by atoms with Gasteiger partial charge >= 0.3 is 0 Å². The molecule has 0 amide bonds. The predicted octanol–water partition coefficient (Wildman–Crippen LogP) is 4.95. The quantitative estimate of drug-likeness (QED) is 0.862. The van der Waals surface area contributed by atoms with Crippen LogP contribution in [-0.2, 0) is 5.54 Å². The van der Waals surface area contributed by atoms with E-state index in [4.69, 9.17) is 0 Å². The summed E-state index contributed by atoms with van der Waals surface area (Å²) in [5.74, 6) is 0.329. The van der Waals surface area contributed by atoms with E-state index in [0.717, 1.165) is 32.2 Å². The number of piperidine rings is 1. The number of hydrogen-bond acceptors (Lipinski definition) is 2. The summed E-state index contributed by atoms with van der Waals surface area (Å²) in [5.41, 5.74) is 2.25. The Hall–Kier alpha value is -1.64. The molecule has 1 aliphatic heterocycles. The second kappa shape index (κ2) is 6.64. The highest BCUT2D eigenvalue weighted by Crippen LogP contribution is 2.49. The zero-order valence-electron chi connectivity index (χ0n) is 13.3. The molecule has 1 fully saturated rings. The van der Waals surface area contributed by atoms with Crippen LogP contribution in [0.15, 0.2) is 60.7 Å². The average Bonchev–Trinajstić information content (AvgIpc) is 2.58. The molecule has 116 valence electrons. The Morgan fingerprint density at radius 2 is 1.68 bits per heavy atom. The van der Waals surface area contributed by atoms with Gasteiger partial charge in [0, 0.05) is 12.5 Å². The minimum Gasteiger partial charge on any atom is -0.313 e. The summed E-state index contributed by atoms with van der Waals surface area (Å²) in [4.78, 5) is 0. The van der Waals surface area contributed by atoms with E-state index in [0.29, 0.717) is 5.92 Å². The van der Waals surface area contributed by atoms with Crippen LogP contribution >= 0.6 is 0 Å². The fraction of sp³-hybridized carbons (Fsp3) is 0.400. The van der Waals surface area contributed by atoms with Gasteiger partial charge < -0.3 is 5.21 Å². The third kappa shape index (κ3) is 2.57. The van der Waals surface area contributed by atoms with Gasteiger partial charge in [-0.05, 0) is 30.4 Å². The van der Waals surface area contributed by atoms with Gasteiger partial charge in [-0.25, -0.2) is 0 Å². The molecule has 2 unspecified atom stereocenters. The number of hydroxylamine groups is 2. The van der Waals surface area contributed by atoms with Crippen molar-refractivity contribution in [3.63, 3.8) is 0 Å². The third-order valence-electron chi connectivity index (χ3n) is 5.01. The minimum absolute atomic E-state index is 0.310. The highest BCUT2D eigenvalue weighted by atomic mass is 16.5. The Labute approximate surface area is 133 Å². The number of rotatable bonds is 4. The Morgan fingerprint density at radius 3 is 2.32 bits per heavy atom. The smallest absolute Gasteiger partial charge is 0.0776 e. The predicted molar refractivity (Wildman–Crippen MR) is 89.9 cm³/mol. The van der Waals surface area contributed by atoms with E-state index >= 15 is 0 Å². The molecule has 2 aromatic carbocycles. The lowest BCUT2D eigenvalue weighted by molar-refractivity contribution is -0.207. The van der Waals surface area contributed by atoms with E-state index in [9.17, 15) is 5.21 Å². The van der Waals surface area contributed by atoms with Gasteiger partial charge in [-0.3, -0.25) is 0 Å². The maximum Gasteiger partial charge on any atom is 0.0776 e. The zero-order valence-corrected chi connectivity index (χ0v) is 13.3. The van der Waals surface area contributed by atoms with Gasteiger partial charge in [0.2, 0.25) is 0 Å². The van der Waals surface area contributed by atoms with Crippen LogP contribution in [0.5, 0.6) is 0 Å². The molecule has 0 aromatic heterocycles.